The molecule has 10 heteroatoms. The van der Waals surface area contributed by atoms with E-state index < -0.39 is 10.0 Å². The maximum atomic E-state index is 12.2. The van der Waals surface area contributed by atoms with Gasteiger partial charge in [0.25, 0.3) is 0 Å². The number of hydrogen-bond donors (Lipinski definition) is 2. The number of para-hydroxylation sites is 2. The Balaban J connectivity index is 0.00000136. The second kappa shape index (κ2) is 6.67. The fourth-order valence-corrected chi connectivity index (χ4v) is 5.53. The molecule has 0 bridgehead atoms. The second-order valence-corrected chi connectivity index (χ2v) is 9.96. The largest absolute Gasteiger partial charge is 0.382 e. The number of sulfonamides is 1. The number of benzene rings is 1. The summed E-state index contributed by atoms with van der Waals surface area (Å²) in [7, 11) is -3.13. The van der Waals surface area contributed by atoms with Gasteiger partial charge in [0.1, 0.15) is 5.82 Å². The molecular formula is C19H27N7O2S. The van der Waals surface area contributed by atoms with Crippen molar-refractivity contribution in [3.05, 3.63) is 30.5 Å². The second-order valence-electron chi connectivity index (χ2n) is 7.71. The number of aromatic amines is 1. The monoisotopic (exact) mass is 417 g/mol. The number of nitrogens with zero attached hydrogens (tertiary/aromatic N) is 5. The van der Waals surface area contributed by atoms with E-state index in [0.717, 1.165) is 29.9 Å². The fourth-order valence-electron chi connectivity index (χ4n) is 4.33. The Labute approximate surface area is 172 Å². The molecule has 0 aliphatic carbocycles. The van der Waals surface area contributed by atoms with Crippen molar-refractivity contribution < 1.29 is 11.3 Å². The molecule has 2 aromatic heterocycles. The molecule has 29 heavy (non-hydrogen) atoms. The van der Waals surface area contributed by atoms with Gasteiger partial charge in [-0.3, -0.25) is 0 Å². The van der Waals surface area contributed by atoms with Gasteiger partial charge in [-0.25, -0.2) is 27.7 Å². The average molecular weight is 418 g/mol. The minimum Gasteiger partial charge on any atom is -0.382 e. The third kappa shape index (κ3) is 3.12. The van der Waals surface area contributed by atoms with Crippen LogP contribution in [0.4, 0.5) is 11.6 Å². The van der Waals surface area contributed by atoms with Gasteiger partial charge in [0.15, 0.2) is 17.3 Å². The quantitative estimate of drug-likeness (QED) is 0.664. The van der Waals surface area contributed by atoms with Crippen LogP contribution in [-0.2, 0) is 10.0 Å². The smallest absolute Gasteiger partial charge is 0.213 e. The van der Waals surface area contributed by atoms with Crippen molar-refractivity contribution in [1.82, 2.24) is 24.2 Å². The number of nitrogens with two attached hydrogens (primary N) is 1. The Kier molecular flexibility index (Phi) is 4.21. The lowest BCUT2D eigenvalue weighted by molar-refractivity contribution is 0.454. The Morgan fingerprint density at radius 1 is 1.17 bits per heavy atom. The first-order valence-electron chi connectivity index (χ1n) is 9.75. The summed E-state index contributed by atoms with van der Waals surface area (Å²) in [6.07, 6.45) is 1.68. The molecule has 0 saturated carbocycles. The Bertz CT molecular complexity index is 1140. The van der Waals surface area contributed by atoms with E-state index in [9.17, 15) is 8.42 Å². The number of hydrogen-bond acceptors (Lipinski definition) is 7. The molecular weight excluding hydrogens is 390 g/mol. The number of aromatic nitrogens is 4. The lowest BCUT2D eigenvalue weighted by Crippen LogP contribution is -2.34. The molecule has 2 aliphatic heterocycles. The minimum absolute atomic E-state index is 0. The first-order valence-corrected chi connectivity index (χ1v) is 11.4. The van der Waals surface area contributed by atoms with Crippen molar-refractivity contribution in [2.75, 3.05) is 42.6 Å². The van der Waals surface area contributed by atoms with E-state index in [4.69, 9.17) is 10.7 Å². The fraction of sp³-hybridized carbons (Fsp3) is 0.421. The van der Waals surface area contributed by atoms with Crippen LogP contribution in [0.15, 0.2) is 30.5 Å². The highest BCUT2D eigenvalue weighted by Crippen LogP contribution is 2.35. The van der Waals surface area contributed by atoms with Gasteiger partial charge >= 0.3 is 0 Å². The molecule has 3 N–H and O–H groups in total. The molecule has 2 atom stereocenters. The molecule has 5 rings (SSSR count). The highest BCUT2D eigenvalue weighted by molar-refractivity contribution is 7.89. The van der Waals surface area contributed by atoms with Crippen LogP contribution in [0.5, 0.6) is 0 Å². The SMILES string of the molecule is CCS(=O)(=O)N1CC2CN(c3cnc(N)c(-c4nc5ccccc5[nH]4)n3)CC2C1.[HH].[HH]. The normalized spacial score (nSPS) is 22.4. The summed E-state index contributed by atoms with van der Waals surface area (Å²) >= 11 is 0. The number of fused-ring (bicyclic) bond motifs is 2. The van der Waals surface area contributed by atoms with E-state index in [2.05, 4.69) is 19.9 Å². The molecule has 9 nitrogen and oxygen atoms in total. The summed E-state index contributed by atoms with van der Waals surface area (Å²) in [5.41, 5.74) is 8.39. The van der Waals surface area contributed by atoms with E-state index in [1.807, 2.05) is 24.3 Å². The van der Waals surface area contributed by atoms with Crippen LogP contribution in [0.1, 0.15) is 9.78 Å². The van der Waals surface area contributed by atoms with E-state index in [0.29, 0.717) is 42.3 Å². The van der Waals surface area contributed by atoms with Crippen LogP contribution in [0.3, 0.4) is 0 Å². The number of nitrogens with one attached hydrogen (secondary N) is 1. The standard InChI is InChI=1S/C19H23N7O2S.2H2/c1-2-29(27,28)26-10-12-8-25(9-13(12)11-26)16-7-21-18(20)17(24-16)19-22-14-5-3-4-6-15(14)23-19;;/h3-7,12-13H,2,8-11H2,1H3,(H2,20,21)(H,22,23);2*1H. The molecule has 2 aliphatic rings. The van der Waals surface area contributed by atoms with Crippen molar-refractivity contribution in [3.63, 3.8) is 0 Å². The van der Waals surface area contributed by atoms with E-state index >= 15 is 0 Å². The van der Waals surface area contributed by atoms with E-state index in [1.165, 1.54) is 0 Å². The summed E-state index contributed by atoms with van der Waals surface area (Å²) in [6.45, 7) is 4.38. The van der Waals surface area contributed by atoms with E-state index in [-0.39, 0.29) is 8.61 Å². The molecule has 2 unspecified atom stereocenters. The van der Waals surface area contributed by atoms with Crippen molar-refractivity contribution >= 4 is 32.7 Å². The van der Waals surface area contributed by atoms with Gasteiger partial charge in [0, 0.05) is 29.0 Å². The molecule has 0 amide bonds. The number of nitrogen functional groups attached to an aromatic ring is 1. The lowest BCUT2D eigenvalue weighted by Gasteiger charge is -2.22. The summed E-state index contributed by atoms with van der Waals surface area (Å²) in [5, 5.41) is 0. The number of rotatable bonds is 4. The summed E-state index contributed by atoms with van der Waals surface area (Å²) in [5.74, 6) is 2.44. The van der Waals surface area contributed by atoms with Crippen LogP contribution < -0.4 is 10.6 Å². The highest BCUT2D eigenvalue weighted by atomic mass is 32.2. The molecule has 2 saturated heterocycles. The Morgan fingerprint density at radius 2 is 1.90 bits per heavy atom. The van der Waals surface area contributed by atoms with Crippen molar-refractivity contribution in [1.29, 1.82) is 0 Å². The lowest BCUT2D eigenvalue weighted by atomic mass is 10.0. The molecule has 0 spiro atoms. The Hall–Kier alpha value is -2.72. The van der Waals surface area contributed by atoms with Gasteiger partial charge in [0.05, 0.1) is 23.0 Å². The van der Waals surface area contributed by atoms with Crippen molar-refractivity contribution in [2.45, 2.75) is 6.92 Å². The van der Waals surface area contributed by atoms with Gasteiger partial charge in [-0.15, -0.1) is 0 Å². The summed E-state index contributed by atoms with van der Waals surface area (Å²) in [4.78, 5) is 19.1. The Morgan fingerprint density at radius 3 is 2.59 bits per heavy atom. The van der Waals surface area contributed by atoms with Crippen LogP contribution in [0.2, 0.25) is 0 Å². The van der Waals surface area contributed by atoms with Crippen LogP contribution in [-0.4, -0.2) is 64.6 Å². The first kappa shape index (κ1) is 18.3. The first-order chi connectivity index (χ1) is 13.9. The minimum atomic E-state index is -3.13. The average Bonchev–Trinajstić information content (AvgIpc) is 3.41. The molecule has 2 fully saturated rings. The zero-order valence-electron chi connectivity index (χ0n) is 16.1. The third-order valence-electron chi connectivity index (χ3n) is 5.94. The van der Waals surface area contributed by atoms with Crippen LogP contribution in [0.25, 0.3) is 22.6 Å². The van der Waals surface area contributed by atoms with Gasteiger partial charge in [-0.1, -0.05) is 12.1 Å². The maximum absolute atomic E-state index is 12.2. The predicted molar refractivity (Wildman–Crippen MR) is 116 cm³/mol. The molecule has 1 aromatic carbocycles. The number of anilines is 2. The summed E-state index contributed by atoms with van der Waals surface area (Å²) < 4.78 is 26.0. The van der Waals surface area contributed by atoms with Gasteiger partial charge in [-0.05, 0) is 30.9 Å². The van der Waals surface area contributed by atoms with Gasteiger partial charge in [0.2, 0.25) is 10.0 Å². The van der Waals surface area contributed by atoms with Gasteiger partial charge in [-0.2, -0.15) is 0 Å². The third-order valence-corrected chi connectivity index (χ3v) is 7.75. The molecule has 4 heterocycles. The number of imidazole rings is 1. The van der Waals surface area contributed by atoms with E-state index in [1.54, 1.807) is 17.4 Å². The highest BCUT2D eigenvalue weighted by Gasteiger charge is 2.43. The maximum Gasteiger partial charge on any atom is 0.213 e. The number of H-pyrrole nitrogens is 1. The van der Waals surface area contributed by atoms with Crippen molar-refractivity contribution in [3.8, 4) is 11.5 Å². The predicted octanol–water partition coefficient (Wildman–Crippen LogP) is 1.81. The molecule has 3 aromatic rings. The zero-order chi connectivity index (χ0) is 20.2. The van der Waals surface area contributed by atoms with Crippen molar-refractivity contribution in [2.24, 2.45) is 11.8 Å². The zero-order valence-corrected chi connectivity index (χ0v) is 16.9. The summed E-state index contributed by atoms with van der Waals surface area (Å²) in [6, 6.07) is 7.77. The van der Waals surface area contributed by atoms with Crippen LogP contribution in [0, 0.1) is 11.8 Å². The molecule has 0 radical (unpaired) electrons. The van der Waals surface area contributed by atoms with Crippen LogP contribution >= 0.6 is 0 Å². The van der Waals surface area contributed by atoms with Gasteiger partial charge < -0.3 is 15.6 Å². The molecule has 156 valence electrons. The topological polar surface area (TPSA) is 121 Å².